The van der Waals surface area contributed by atoms with Crippen LogP contribution in [0.15, 0.2) is 61.4 Å². The van der Waals surface area contributed by atoms with Gasteiger partial charge in [-0.05, 0) is 48.4 Å². The largest absolute Gasteiger partial charge is 0.353 e. The molecule has 4 heterocycles. The number of hydrogen-bond acceptors (Lipinski definition) is 5. The first-order valence-corrected chi connectivity index (χ1v) is 12.4. The van der Waals surface area contributed by atoms with E-state index in [2.05, 4.69) is 26.8 Å². The number of H-pyrrole nitrogens is 1. The summed E-state index contributed by atoms with van der Waals surface area (Å²) in [6, 6.07) is 11.7. The van der Waals surface area contributed by atoms with E-state index in [9.17, 15) is 9.59 Å². The van der Waals surface area contributed by atoms with Crippen LogP contribution in [0.4, 0.5) is 11.5 Å². The summed E-state index contributed by atoms with van der Waals surface area (Å²) in [4.78, 5) is 40.4. The van der Waals surface area contributed by atoms with Gasteiger partial charge in [0.1, 0.15) is 11.5 Å². The predicted octanol–water partition coefficient (Wildman–Crippen LogP) is 5.05. The van der Waals surface area contributed by atoms with Crippen molar-refractivity contribution in [3.05, 3.63) is 72.0 Å². The lowest BCUT2D eigenvalue weighted by atomic mass is 9.97. The summed E-state index contributed by atoms with van der Waals surface area (Å²) in [7, 11) is 0. The Morgan fingerprint density at radius 2 is 1.84 bits per heavy atom. The number of nitrogens with zero attached hydrogens (tertiary/aromatic N) is 4. The van der Waals surface area contributed by atoms with Crippen LogP contribution < -0.4 is 10.2 Å². The Morgan fingerprint density at radius 3 is 2.51 bits per heavy atom. The summed E-state index contributed by atoms with van der Waals surface area (Å²) in [5.74, 6) is 0.693. The molecule has 8 nitrogen and oxygen atoms in total. The van der Waals surface area contributed by atoms with E-state index >= 15 is 0 Å². The van der Waals surface area contributed by atoms with Gasteiger partial charge >= 0.3 is 0 Å². The second-order valence-electron chi connectivity index (χ2n) is 9.01. The summed E-state index contributed by atoms with van der Waals surface area (Å²) in [5, 5.41) is 4.26. The summed E-state index contributed by atoms with van der Waals surface area (Å²) in [6.45, 7) is 9.95. The highest BCUT2D eigenvalue weighted by Crippen LogP contribution is 2.41. The number of amides is 2. The summed E-state index contributed by atoms with van der Waals surface area (Å²) in [5.41, 5.74) is 5.77. The van der Waals surface area contributed by atoms with Crippen LogP contribution in [0.1, 0.15) is 12.5 Å². The van der Waals surface area contributed by atoms with Crippen molar-refractivity contribution in [3.63, 3.8) is 0 Å². The monoisotopic (exact) mass is 514 g/mol. The number of piperazine rings is 1. The Bertz CT molecular complexity index is 1500. The molecule has 1 aliphatic rings. The molecule has 1 aromatic carbocycles. The Morgan fingerprint density at radius 1 is 1.08 bits per heavy atom. The number of aryl methyl sites for hydroxylation is 1. The molecule has 0 radical (unpaired) electrons. The molecule has 9 heteroatoms. The first-order valence-electron chi connectivity index (χ1n) is 12.0. The zero-order chi connectivity index (χ0) is 26.1. The van der Waals surface area contributed by atoms with Gasteiger partial charge in [-0.15, -0.1) is 0 Å². The summed E-state index contributed by atoms with van der Waals surface area (Å²) >= 11 is 6.66. The standard InChI is InChI=1S/C28H27ClN6O2/c1-4-24(37)32-22-15-19(6-5-17(22)2)25-26-21(29)9-10-30-28(26)33-27(25)20-7-8-23(31-16-20)35-13-11-34(12-14-35)18(3)36/h4-10,15-16H,1,11-14H2,2-3H3,(H,30,33)(H,32,37). The number of anilines is 2. The van der Waals surface area contributed by atoms with Gasteiger partial charge < -0.3 is 20.1 Å². The quantitative estimate of drug-likeness (QED) is 0.364. The molecule has 0 spiro atoms. The first kappa shape index (κ1) is 24.5. The van der Waals surface area contributed by atoms with Crippen molar-refractivity contribution in [1.82, 2.24) is 19.9 Å². The molecule has 1 saturated heterocycles. The van der Waals surface area contributed by atoms with Gasteiger partial charge in [0.2, 0.25) is 11.8 Å². The number of halogens is 1. The SMILES string of the molecule is C=CC(=O)Nc1cc(-c2c(-c3ccc(N4CCN(C(C)=O)CC4)nc3)[nH]c3nccc(Cl)c23)ccc1C. The number of fused-ring (bicyclic) bond motifs is 1. The van der Waals surface area contributed by atoms with Crippen LogP contribution in [0.25, 0.3) is 33.4 Å². The topological polar surface area (TPSA) is 94.2 Å². The van der Waals surface area contributed by atoms with E-state index in [0.29, 0.717) is 29.4 Å². The molecule has 3 aromatic heterocycles. The van der Waals surface area contributed by atoms with Crippen molar-refractivity contribution in [2.45, 2.75) is 13.8 Å². The van der Waals surface area contributed by atoms with Gasteiger partial charge in [0.15, 0.2) is 0 Å². The highest BCUT2D eigenvalue weighted by atomic mass is 35.5. The normalized spacial score (nSPS) is 13.6. The maximum Gasteiger partial charge on any atom is 0.247 e. The van der Waals surface area contributed by atoms with E-state index in [0.717, 1.165) is 52.2 Å². The van der Waals surface area contributed by atoms with Crippen molar-refractivity contribution >= 4 is 46.0 Å². The molecule has 1 aliphatic heterocycles. The number of rotatable bonds is 5. The predicted molar refractivity (Wildman–Crippen MR) is 148 cm³/mol. The van der Waals surface area contributed by atoms with Gasteiger partial charge in [-0.25, -0.2) is 9.97 Å². The van der Waals surface area contributed by atoms with Crippen molar-refractivity contribution in [3.8, 4) is 22.4 Å². The van der Waals surface area contributed by atoms with Gasteiger partial charge in [-0.3, -0.25) is 9.59 Å². The van der Waals surface area contributed by atoms with Crippen LogP contribution in [-0.2, 0) is 9.59 Å². The minimum absolute atomic E-state index is 0.102. The van der Waals surface area contributed by atoms with Crippen molar-refractivity contribution < 1.29 is 9.59 Å². The number of aromatic amines is 1. The van der Waals surface area contributed by atoms with Crippen LogP contribution in [0.2, 0.25) is 5.02 Å². The fourth-order valence-corrected chi connectivity index (χ4v) is 4.89. The molecule has 5 rings (SSSR count). The van der Waals surface area contributed by atoms with Gasteiger partial charge in [-0.2, -0.15) is 0 Å². The minimum Gasteiger partial charge on any atom is -0.353 e. The lowest BCUT2D eigenvalue weighted by Gasteiger charge is -2.34. The average molecular weight is 515 g/mol. The summed E-state index contributed by atoms with van der Waals surface area (Å²) < 4.78 is 0. The molecule has 2 N–H and O–H groups in total. The third-order valence-corrected chi connectivity index (χ3v) is 7.01. The Labute approximate surface area is 220 Å². The molecule has 0 bridgehead atoms. The van der Waals surface area contributed by atoms with E-state index in [1.807, 2.05) is 48.4 Å². The van der Waals surface area contributed by atoms with Crippen LogP contribution in [0.5, 0.6) is 0 Å². The number of nitrogens with one attached hydrogen (secondary N) is 2. The third-order valence-electron chi connectivity index (χ3n) is 6.70. The van der Waals surface area contributed by atoms with Crippen LogP contribution >= 0.6 is 11.6 Å². The Balaban J connectivity index is 1.55. The Hall–Kier alpha value is -4.17. The number of carbonyl (C=O) groups is 2. The average Bonchev–Trinajstić information content (AvgIpc) is 3.31. The molecular weight excluding hydrogens is 488 g/mol. The number of aromatic nitrogens is 3. The van der Waals surface area contributed by atoms with E-state index < -0.39 is 0 Å². The summed E-state index contributed by atoms with van der Waals surface area (Å²) in [6.07, 6.45) is 4.75. The van der Waals surface area contributed by atoms with Gasteiger partial charge in [0, 0.05) is 67.7 Å². The number of carbonyl (C=O) groups excluding carboxylic acids is 2. The zero-order valence-corrected chi connectivity index (χ0v) is 21.5. The maximum absolute atomic E-state index is 12.0. The first-order chi connectivity index (χ1) is 17.9. The fraction of sp³-hybridized carbons (Fsp3) is 0.214. The third kappa shape index (κ3) is 4.80. The molecule has 0 saturated carbocycles. The number of pyridine rings is 2. The number of hydrogen-bond donors (Lipinski definition) is 2. The van der Waals surface area contributed by atoms with Gasteiger partial charge in [0.25, 0.3) is 0 Å². The lowest BCUT2D eigenvalue weighted by molar-refractivity contribution is -0.129. The van der Waals surface area contributed by atoms with Crippen molar-refractivity contribution in [2.24, 2.45) is 0 Å². The Kier molecular flexibility index (Phi) is 6.67. The van der Waals surface area contributed by atoms with E-state index in [-0.39, 0.29) is 11.8 Å². The molecular formula is C28H27ClN6O2. The van der Waals surface area contributed by atoms with E-state index in [1.165, 1.54) is 6.08 Å². The second kappa shape index (κ2) is 10.1. The molecule has 4 aromatic rings. The van der Waals surface area contributed by atoms with E-state index in [4.69, 9.17) is 16.6 Å². The molecule has 2 amide bonds. The second-order valence-corrected chi connectivity index (χ2v) is 9.42. The molecule has 188 valence electrons. The zero-order valence-electron chi connectivity index (χ0n) is 20.7. The molecule has 1 fully saturated rings. The smallest absolute Gasteiger partial charge is 0.247 e. The van der Waals surface area contributed by atoms with Crippen molar-refractivity contribution in [2.75, 3.05) is 36.4 Å². The highest BCUT2D eigenvalue weighted by molar-refractivity contribution is 6.36. The van der Waals surface area contributed by atoms with Gasteiger partial charge in [0.05, 0.1) is 10.7 Å². The molecule has 0 unspecified atom stereocenters. The molecule has 0 aliphatic carbocycles. The number of benzene rings is 1. The maximum atomic E-state index is 12.0. The van der Waals surface area contributed by atoms with Gasteiger partial charge in [-0.1, -0.05) is 30.3 Å². The van der Waals surface area contributed by atoms with Crippen LogP contribution in [0.3, 0.4) is 0 Å². The van der Waals surface area contributed by atoms with Crippen molar-refractivity contribution in [1.29, 1.82) is 0 Å². The minimum atomic E-state index is -0.275. The molecule has 37 heavy (non-hydrogen) atoms. The van der Waals surface area contributed by atoms with Crippen LogP contribution in [0, 0.1) is 6.92 Å². The van der Waals surface area contributed by atoms with E-state index in [1.54, 1.807) is 19.2 Å². The fourth-order valence-electron chi connectivity index (χ4n) is 4.65. The lowest BCUT2D eigenvalue weighted by Crippen LogP contribution is -2.48. The van der Waals surface area contributed by atoms with Crippen LogP contribution in [-0.4, -0.2) is 57.8 Å². The highest BCUT2D eigenvalue weighted by Gasteiger charge is 2.22. The molecule has 0 atom stereocenters.